The summed E-state index contributed by atoms with van der Waals surface area (Å²) in [6, 6.07) is 34.0. The second-order valence-corrected chi connectivity index (χ2v) is 9.90. The fourth-order valence-electron chi connectivity index (χ4n) is 5.48. The van der Waals surface area contributed by atoms with Crippen molar-refractivity contribution in [1.29, 1.82) is 0 Å². The number of nitrogens with one attached hydrogen (secondary N) is 1. The minimum atomic E-state index is -0.536. The average Bonchev–Trinajstić information content (AvgIpc) is 3.08. The first kappa shape index (κ1) is 23.3. The molecule has 0 aromatic heterocycles. The van der Waals surface area contributed by atoms with Crippen molar-refractivity contribution in [1.82, 2.24) is 0 Å². The van der Waals surface area contributed by atoms with Crippen LogP contribution >= 0.6 is 11.6 Å². The van der Waals surface area contributed by atoms with E-state index in [1.165, 1.54) is 0 Å². The van der Waals surface area contributed by atoms with Crippen molar-refractivity contribution in [3.8, 4) is 0 Å². The Labute approximate surface area is 221 Å². The highest BCUT2D eigenvalue weighted by Crippen LogP contribution is 2.48. The lowest BCUT2D eigenvalue weighted by Crippen LogP contribution is -2.42. The first-order valence-electron chi connectivity index (χ1n) is 12.4. The summed E-state index contributed by atoms with van der Waals surface area (Å²) in [6.07, 6.45) is 2.50. The van der Waals surface area contributed by atoms with Crippen LogP contribution in [0.3, 0.4) is 0 Å². The minimum Gasteiger partial charge on any atom is -0.357 e. The summed E-state index contributed by atoms with van der Waals surface area (Å²) < 4.78 is 0. The number of anilines is 2. The molecule has 1 heterocycles. The number of carbonyl (C=O) groups excluding carboxylic acids is 2. The van der Waals surface area contributed by atoms with E-state index in [0.717, 1.165) is 28.2 Å². The third-order valence-corrected chi connectivity index (χ3v) is 7.45. The molecule has 0 fully saturated rings. The van der Waals surface area contributed by atoms with Crippen LogP contribution in [0.5, 0.6) is 0 Å². The molecule has 4 aromatic carbocycles. The molecule has 3 atom stereocenters. The van der Waals surface area contributed by atoms with Crippen LogP contribution in [-0.4, -0.2) is 11.7 Å². The fraction of sp³-hybridized carbons (Fsp3) is 0.125. The predicted molar refractivity (Wildman–Crippen MR) is 148 cm³/mol. The normalized spacial score (nSPS) is 20.7. The number of hydrogen-bond donors (Lipinski definition) is 1. The number of nitrogens with zero attached hydrogens (tertiary/aromatic N) is 1. The van der Waals surface area contributed by atoms with Gasteiger partial charge in [0.05, 0.1) is 23.3 Å². The molecule has 0 radical (unpaired) electrons. The fourth-order valence-corrected chi connectivity index (χ4v) is 5.60. The zero-order valence-corrected chi connectivity index (χ0v) is 20.8. The van der Waals surface area contributed by atoms with Crippen molar-refractivity contribution in [3.63, 3.8) is 0 Å². The Kier molecular flexibility index (Phi) is 6.11. The van der Waals surface area contributed by atoms with Gasteiger partial charge in [0.2, 0.25) is 0 Å². The Hall–Kier alpha value is -4.15. The van der Waals surface area contributed by atoms with Crippen LogP contribution < -0.4 is 10.2 Å². The molecule has 0 spiro atoms. The molecule has 0 bridgehead atoms. The summed E-state index contributed by atoms with van der Waals surface area (Å²) in [7, 11) is 0. The van der Waals surface area contributed by atoms with Gasteiger partial charge in [0.15, 0.2) is 0 Å². The number of allylic oxidation sites excluding steroid dienone is 1. The Morgan fingerprint density at radius 2 is 1.43 bits per heavy atom. The largest absolute Gasteiger partial charge is 0.357 e. The molecule has 1 aliphatic heterocycles. The number of fused-ring (bicyclic) bond motifs is 2. The molecule has 5 heteroatoms. The Morgan fingerprint density at radius 3 is 2.16 bits per heavy atom. The molecule has 2 aliphatic rings. The number of para-hydroxylation sites is 2. The number of rotatable bonds is 3. The summed E-state index contributed by atoms with van der Waals surface area (Å²) in [5.41, 5.74) is 4.90. The molecule has 1 aliphatic carbocycles. The summed E-state index contributed by atoms with van der Waals surface area (Å²) in [4.78, 5) is 30.0. The average molecular weight is 505 g/mol. The van der Waals surface area contributed by atoms with Crippen molar-refractivity contribution in [2.24, 2.45) is 5.92 Å². The van der Waals surface area contributed by atoms with Crippen molar-refractivity contribution in [3.05, 3.63) is 143 Å². The van der Waals surface area contributed by atoms with Crippen molar-refractivity contribution in [2.45, 2.75) is 18.4 Å². The highest BCUT2D eigenvalue weighted by molar-refractivity contribution is 6.30. The number of ketones is 1. The molecule has 6 rings (SSSR count). The molecule has 0 unspecified atom stereocenters. The Balaban J connectivity index is 1.55. The van der Waals surface area contributed by atoms with Gasteiger partial charge in [-0.15, -0.1) is 0 Å². The van der Waals surface area contributed by atoms with E-state index in [1.807, 2.05) is 109 Å². The van der Waals surface area contributed by atoms with Gasteiger partial charge in [-0.3, -0.25) is 14.5 Å². The van der Waals surface area contributed by atoms with Gasteiger partial charge in [-0.2, -0.15) is 0 Å². The molecule has 4 aromatic rings. The lowest BCUT2D eigenvalue weighted by molar-refractivity contribution is -0.123. The van der Waals surface area contributed by atoms with E-state index < -0.39 is 12.0 Å². The van der Waals surface area contributed by atoms with Crippen LogP contribution in [0.4, 0.5) is 11.4 Å². The smallest absolute Gasteiger partial charge is 0.258 e. The second-order valence-electron chi connectivity index (χ2n) is 9.47. The quantitative estimate of drug-likeness (QED) is 0.316. The first-order valence-corrected chi connectivity index (χ1v) is 12.8. The van der Waals surface area contributed by atoms with Crippen LogP contribution in [0.1, 0.15) is 39.9 Å². The molecule has 1 N–H and O–H groups in total. The van der Waals surface area contributed by atoms with E-state index in [0.29, 0.717) is 17.0 Å². The van der Waals surface area contributed by atoms with Gasteiger partial charge in [0.1, 0.15) is 5.78 Å². The van der Waals surface area contributed by atoms with Crippen molar-refractivity contribution in [2.75, 3.05) is 10.2 Å². The second kappa shape index (κ2) is 9.72. The highest BCUT2D eigenvalue weighted by atomic mass is 35.5. The third-order valence-electron chi connectivity index (χ3n) is 7.20. The summed E-state index contributed by atoms with van der Waals surface area (Å²) in [5, 5.41) is 4.22. The molecular weight excluding hydrogens is 480 g/mol. The summed E-state index contributed by atoms with van der Waals surface area (Å²) >= 11 is 6.12. The lowest BCUT2D eigenvalue weighted by atomic mass is 9.76. The molecule has 182 valence electrons. The van der Waals surface area contributed by atoms with Crippen molar-refractivity contribution >= 4 is 34.7 Å². The van der Waals surface area contributed by atoms with E-state index in [9.17, 15) is 9.59 Å². The number of halogens is 1. The SMILES string of the molecule is O=C1C[C@H](c2ccc(Cl)cc2)C=C2Nc3ccccc3N(C(=O)c3ccccc3)[C@H](c3ccccc3)[C@@H]12. The van der Waals surface area contributed by atoms with Crippen molar-refractivity contribution < 1.29 is 9.59 Å². The van der Waals surface area contributed by atoms with Crippen LogP contribution in [0, 0.1) is 5.92 Å². The van der Waals surface area contributed by atoms with Crippen LogP contribution in [0.25, 0.3) is 0 Å². The summed E-state index contributed by atoms with van der Waals surface area (Å²) in [5.74, 6) is -0.662. The number of benzene rings is 4. The Morgan fingerprint density at radius 1 is 0.784 bits per heavy atom. The monoisotopic (exact) mass is 504 g/mol. The van der Waals surface area contributed by atoms with E-state index in [2.05, 4.69) is 11.4 Å². The van der Waals surface area contributed by atoms with Crippen LogP contribution in [-0.2, 0) is 4.79 Å². The van der Waals surface area contributed by atoms with E-state index >= 15 is 0 Å². The zero-order valence-electron chi connectivity index (χ0n) is 20.1. The number of carbonyl (C=O) groups is 2. The number of amides is 1. The maximum Gasteiger partial charge on any atom is 0.258 e. The van der Waals surface area contributed by atoms with Gasteiger partial charge in [-0.1, -0.05) is 90.5 Å². The lowest BCUT2D eigenvalue weighted by Gasteiger charge is -2.37. The number of Topliss-reactive ketones (excluding diaryl/α,β-unsaturated/α-hetero) is 1. The molecular formula is C32H25ClN2O2. The molecule has 4 nitrogen and oxygen atoms in total. The maximum absolute atomic E-state index is 14.2. The molecule has 37 heavy (non-hydrogen) atoms. The Bertz CT molecular complexity index is 1480. The molecule has 1 amide bonds. The van der Waals surface area contributed by atoms with E-state index in [1.54, 1.807) is 4.90 Å². The maximum atomic E-state index is 14.2. The minimum absolute atomic E-state index is 0.0801. The van der Waals surface area contributed by atoms with Crippen LogP contribution in [0.2, 0.25) is 5.02 Å². The highest BCUT2D eigenvalue weighted by Gasteiger charge is 2.45. The first-order chi connectivity index (χ1) is 18.1. The topological polar surface area (TPSA) is 49.4 Å². The molecule has 0 saturated heterocycles. The van der Waals surface area contributed by atoms with Gasteiger partial charge in [0, 0.05) is 28.6 Å². The van der Waals surface area contributed by atoms with Gasteiger partial charge in [-0.05, 0) is 47.5 Å². The van der Waals surface area contributed by atoms with E-state index in [4.69, 9.17) is 11.6 Å². The van der Waals surface area contributed by atoms with Gasteiger partial charge in [-0.25, -0.2) is 0 Å². The standard InChI is InChI=1S/C32H25ClN2O2/c33-25-17-15-21(16-18-25)24-19-27-30(29(36)20-24)31(22-9-3-1-4-10-22)35(28-14-8-7-13-26(28)34-27)32(37)23-11-5-2-6-12-23/h1-19,24,30-31,34H,20H2/t24-,30-,31-/m1/s1. The summed E-state index contributed by atoms with van der Waals surface area (Å²) in [6.45, 7) is 0. The van der Waals surface area contributed by atoms with Gasteiger partial charge < -0.3 is 5.32 Å². The molecule has 0 saturated carbocycles. The predicted octanol–water partition coefficient (Wildman–Crippen LogP) is 7.41. The third kappa shape index (κ3) is 4.34. The zero-order chi connectivity index (χ0) is 25.4. The van der Waals surface area contributed by atoms with Gasteiger partial charge in [0.25, 0.3) is 5.91 Å². The van der Waals surface area contributed by atoms with E-state index in [-0.39, 0.29) is 17.6 Å². The van der Waals surface area contributed by atoms with Crippen LogP contribution in [0.15, 0.2) is 121 Å². The van der Waals surface area contributed by atoms with Gasteiger partial charge >= 0.3 is 0 Å². The number of hydrogen-bond acceptors (Lipinski definition) is 3.